The van der Waals surface area contributed by atoms with Crippen molar-refractivity contribution in [3.63, 3.8) is 0 Å². The molecule has 10 heteroatoms. The number of aromatic nitrogens is 2. The van der Waals surface area contributed by atoms with E-state index in [1.807, 2.05) is 13.8 Å². The molecule has 182 valence electrons. The summed E-state index contributed by atoms with van der Waals surface area (Å²) in [5.41, 5.74) is 4.36. The van der Waals surface area contributed by atoms with Gasteiger partial charge in [0.2, 0.25) is 5.78 Å². The average Bonchev–Trinajstić information content (AvgIpc) is 2.84. The first-order valence-corrected chi connectivity index (χ1v) is 11.1. The molecule has 0 fully saturated rings. The van der Waals surface area contributed by atoms with Gasteiger partial charge in [-0.3, -0.25) is 23.5 Å². The standard InChI is InChI=1S/C25H24ClN3O6/c1-14(2)12-29-22(27)20(23(32)28(3)25(29)34)19(30)13-35-24(33)18-7-5-4-6-17(18)21(31)15-8-10-16(26)11-9-15/h4-11,14H,12-13,27H2,1-3H3. The van der Waals surface area contributed by atoms with E-state index in [9.17, 15) is 24.0 Å². The highest BCUT2D eigenvalue weighted by atomic mass is 35.5. The maximum absolute atomic E-state index is 12.9. The molecule has 35 heavy (non-hydrogen) atoms. The van der Waals surface area contributed by atoms with E-state index in [0.29, 0.717) is 10.6 Å². The molecular formula is C25H24ClN3O6. The summed E-state index contributed by atoms with van der Waals surface area (Å²) >= 11 is 5.87. The number of rotatable bonds is 8. The summed E-state index contributed by atoms with van der Waals surface area (Å²) in [6.07, 6.45) is 0. The van der Waals surface area contributed by atoms with Crippen LogP contribution in [0.4, 0.5) is 5.82 Å². The zero-order chi connectivity index (χ0) is 25.9. The highest BCUT2D eigenvalue weighted by Gasteiger charge is 2.24. The first-order chi connectivity index (χ1) is 16.5. The summed E-state index contributed by atoms with van der Waals surface area (Å²) in [6, 6.07) is 12.2. The summed E-state index contributed by atoms with van der Waals surface area (Å²) in [4.78, 5) is 63.5. The van der Waals surface area contributed by atoms with Gasteiger partial charge in [-0.05, 0) is 36.2 Å². The van der Waals surface area contributed by atoms with Crippen LogP contribution in [-0.2, 0) is 18.3 Å². The number of ketones is 2. The number of hydrogen-bond acceptors (Lipinski definition) is 7. The Morgan fingerprint density at radius 2 is 1.60 bits per heavy atom. The van der Waals surface area contributed by atoms with Gasteiger partial charge >= 0.3 is 11.7 Å². The van der Waals surface area contributed by atoms with Crippen LogP contribution in [0.15, 0.2) is 58.1 Å². The fourth-order valence-electron chi connectivity index (χ4n) is 3.48. The second-order valence-electron chi connectivity index (χ2n) is 8.29. The smallest absolute Gasteiger partial charge is 0.339 e. The van der Waals surface area contributed by atoms with Crippen molar-refractivity contribution in [1.82, 2.24) is 9.13 Å². The van der Waals surface area contributed by atoms with Gasteiger partial charge in [0.25, 0.3) is 5.56 Å². The van der Waals surface area contributed by atoms with Crippen molar-refractivity contribution in [1.29, 1.82) is 0 Å². The van der Waals surface area contributed by atoms with Crippen molar-refractivity contribution < 1.29 is 19.1 Å². The first kappa shape index (κ1) is 25.6. The molecule has 0 aliphatic carbocycles. The molecule has 0 amide bonds. The van der Waals surface area contributed by atoms with Gasteiger partial charge in [0.1, 0.15) is 11.4 Å². The van der Waals surface area contributed by atoms with Crippen molar-refractivity contribution in [2.24, 2.45) is 13.0 Å². The highest BCUT2D eigenvalue weighted by Crippen LogP contribution is 2.18. The number of halogens is 1. The minimum Gasteiger partial charge on any atom is -0.454 e. The SMILES string of the molecule is CC(C)Cn1c(N)c(C(=O)COC(=O)c2ccccc2C(=O)c2ccc(Cl)cc2)c(=O)n(C)c1=O. The third-order valence-corrected chi connectivity index (χ3v) is 5.49. The van der Waals surface area contributed by atoms with Gasteiger partial charge in [0.15, 0.2) is 12.4 Å². The van der Waals surface area contributed by atoms with Gasteiger partial charge in [-0.25, -0.2) is 9.59 Å². The topological polar surface area (TPSA) is 130 Å². The highest BCUT2D eigenvalue weighted by molar-refractivity contribution is 6.30. The maximum Gasteiger partial charge on any atom is 0.339 e. The number of carbonyl (C=O) groups is 3. The zero-order valence-electron chi connectivity index (χ0n) is 19.4. The molecule has 0 saturated heterocycles. The van der Waals surface area contributed by atoms with E-state index >= 15 is 0 Å². The minimum absolute atomic E-state index is 0.0166. The number of ether oxygens (including phenoxy) is 1. The van der Waals surface area contributed by atoms with Gasteiger partial charge in [-0.15, -0.1) is 0 Å². The number of nitrogen functional groups attached to an aromatic ring is 1. The molecule has 0 aliphatic rings. The largest absolute Gasteiger partial charge is 0.454 e. The lowest BCUT2D eigenvalue weighted by Crippen LogP contribution is -2.43. The van der Waals surface area contributed by atoms with E-state index in [1.54, 1.807) is 24.3 Å². The Kier molecular flexibility index (Phi) is 7.71. The Bertz CT molecular complexity index is 1420. The average molecular weight is 498 g/mol. The van der Waals surface area contributed by atoms with E-state index in [4.69, 9.17) is 22.1 Å². The Morgan fingerprint density at radius 1 is 1.00 bits per heavy atom. The van der Waals surface area contributed by atoms with Crippen LogP contribution < -0.4 is 17.0 Å². The van der Waals surface area contributed by atoms with E-state index < -0.39 is 41.0 Å². The van der Waals surface area contributed by atoms with Crippen molar-refractivity contribution in [3.8, 4) is 0 Å². The molecule has 2 aromatic carbocycles. The lowest BCUT2D eigenvalue weighted by Gasteiger charge is -2.16. The Balaban J connectivity index is 1.87. The fourth-order valence-corrected chi connectivity index (χ4v) is 3.61. The van der Waals surface area contributed by atoms with E-state index in [1.165, 1.54) is 31.3 Å². The minimum atomic E-state index is -0.929. The van der Waals surface area contributed by atoms with Crippen LogP contribution in [0.25, 0.3) is 0 Å². The second-order valence-corrected chi connectivity index (χ2v) is 8.73. The molecule has 3 aromatic rings. The number of nitrogens with two attached hydrogens (primary N) is 1. The van der Waals surface area contributed by atoms with Gasteiger partial charge in [0.05, 0.1) is 5.56 Å². The molecule has 1 aromatic heterocycles. The van der Waals surface area contributed by atoms with Gasteiger partial charge in [-0.1, -0.05) is 43.6 Å². The monoisotopic (exact) mass is 497 g/mol. The summed E-state index contributed by atoms with van der Waals surface area (Å²) in [5, 5.41) is 0.456. The molecule has 0 radical (unpaired) electrons. The molecule has 0 spiro atoms. The first-order valence-electron chi connectivity index (χ1n) is 10.7. The van der Waals surface area contributed by atoms with Crippen LogP contribution in [0.2, 0.25) is 5.02 Å². The van der Waals surface area contributed by atoms with E-state index in [-0.39, 0.29) is 29.4 Å². The zero-order valence-corrected chi connectivity index (χ0v) is 20.2. The Labute approximate surface area is 205 Å². The molecule has 0 atom stereocenters. The van der Waals surface area contributed by atoms with Gasteiger partial charge < -0.3 is 10.5 Å². The van der Waals surface area contributed by atoms with Crippen LogP contribution in [0.5, 0.6) is 0 Å². The lowest BCUT2D eigenvalue weighted by atomic mass is 9.98. The molecule has 0 aliphatic heterocycles. The number of Topliss-reactive ketones (excluding diaryl/α,β-unsaturated/α-hetero) is 1. The maximum atomic E-state index is 12.9. The molecular weight excluding hydrogens is 474 g/mol. The number of hydrogen-bond donors (Lipinski definition) is 1. The summed E-state index contributed by atoms with van der Waals surface area (Å²) < 4.78 is 7.06. The van der Waals surface area contributed by atoms with Gasteiger partial charge in [-0.2, -0.15) is 0 Å². The molecule has 0 saturated carbocycles. The Hall–Kier alpha value is -3.98. The van der Waals surface area contributed by atoms with E-state index in [0.717, 1.165) is 9.13 Å². The number of carbonyl (C=O) groups excluding carboxylic acids is 3. The molecule has 0 bridgehead atoms. The van der Waals surface area contributed by atoms with Crippen molar-refractivity contribution in [3.05, 3.63) is 96.6 Å². The molecule has 1 heterocycles. The summed E-state index contributed by atoms with van der Waals surface area (Å²) in [7, 11) is 1.24. The van der Waals surface area contributed by atoms with Crippen LogP contribution in [-0.4, -0.2) is 33.3 Å². The number of anilines is 1. The molecule has 3 rings (SSSR count). The molecule has 0 unspecified atom stereocenters. The fraction of sp³-hybridized carbons (Fsp3) is 0.240. The van der Waals surface area contributed by atoms with Crippen LogP contribution in [0.3, 0.4) is 0 Å². The van der Waals surface area contributed by atoms with Crippen LogP contribution in [0, 0.1) is 5.92 Å². The van der Waals surface area contributed by atoms with Crippen molar-refractivity contribution >= 4 is 35.0 Å². The summed E-state index contributed by atoms with van der Waals surface area (Å²) in [5.74, 6) is -2.49. The molecule has 9 nitrogen and oxygen atoms in total. The van der Waals surface area contributed by atoms with Crippen LogP contribution >= 0.6 is 11.6 Å². The third-order valence-electron chi connectivity index (χ3n) is 5.24. The lowest BCUT2D eigenvalue weighted by molar-refractivity contribution is 0.0472. The van der Waals surface area contributed by atoms with Gasteiger partial charge in [0, 0.05) is 29.7 Å². The van der Waals surface area contributed by atoms with E-state index in [2.05, 4.69) is 0 Å². The summed E-state index contributed by atoms with van der Waals surface area (Å²) in [6.45, 7) is 3.09. The predicted octanol–water partition coefficient (Wildman–Crippen LogP) is 2.71. The van der Waals surface area contributed by atoms with Crippen LogP contribution in [0.1, 0.15) is 50.5 Å². The quantitative estimate of drug-likeness (QED) is 0.374. The predicted molar refractivity (Wildman–Crippen MR) is 131 cm³/mol. The second kappa shape index (κ2) is 10.5. The van der Waals surface area contributed by atoms with Crippen molar-refractivity contribution in [2.75, 3.05) is 12.3 Å². The number of benzene rings is 2. The third kappa shape index (κ3) is 5.41. The normalized spacial score (nSPS) is 10.9. The van der Waals surface area contributed by atoms with Crippen molar-refractivity contribution in [2.45, 2.75) is 20.4 Å². The Morgan fingerprint density at radius 3 is 2.20 bits per heavy atom. The number of nitrogens with zero attached hydrogens (tertiary/aromatic N) is 2. The number of esters is 1. The molecule has 2 N–H and O–H groups in total.